The second-order valence-electron chi connectivity index (χ2n) is 8.14. The molecule has 3 aromatic rings. The van der Waals surface area contributed by atoms with Gasteiger partial charge in [-0.05, 0) is 40.6 Å². The standard InChI is InChI=1S/C25H26N4O2/c30-24(20-8-10-22(11-9-20)29-13-12-26-25(29)31)28-16-14-27(15-17-28)18-21-6-3-5-19-4-1-2-7-23(19)21/h1-11H,12-18H2,(H,26,31). The predicted octanol–water partition coefficient (Wildman–Crippen LogP) is 3.33. The Bertz CT molecular complexity index is 1100. The van der Waals surface area contributed by atoms with E-state index in [2.05, 4.69) is 52.7 Å². The zero-order valence-electron chi connectivity index (χ0n) is 17.5. The summed E-state index contributed by atoms with van der Waals surface area (Å²) in [4.78, 5) is 30.8. The second kappa shape index (κ2) is 8.40. The molecule has 0 spiro atoms. The molecule has 3 amide bonds. The molecule has 3 aromatic carbocycles. The minimum atomic E-state index is -0.0820. The molecule has 2 aliphatic heterocycles. The summed E-state index contributed by atoms with van der Waals surface area (Å²) in [7, 11) is 0. The Hall–Kier alpha value is -3.38. The van der Waals surface area contributed by atoms with Crippen LogP contribution in [-0.2, 0) is 6.54 Å². The molecule has 0 aromatic heterocycles. The molecule has 6 heteroatoms. The van der Waals surface area contributed by atoms with Gasteiger partial charge in [0, 0.05) is 57.1 Å². The Labute approximate surface area is 182 Å². The number of hydrogen-bond donors (Lipinski definition) is 1. The summed E-state index contributed by atoms with van der Waals surface area (Å²) in [5.41, 5.74) is 2.83. The van der Waals surface area contributed by atoms with Crippen molar-refractivity contribution in [3.63, 3.8) is 0 Å². The van der Waals surface area contributed by atoms with E-state index in [1.807, 2.05) is 29.2 Å². The molecule has 6 nitrogen and oxygen atoms in total. The van der Waals surface area contributed by atoms with Crippen LogP contribution in [-0.4, -0.2) is 61.0 Å². The van der Waals surface area contributed by atoms with Gasteiger partial charge in [0.1, 0.15) is 0 Å². The van der Waals surface area contributed by atoms with E-state index in [0.717, 1.165) is 38.4 Å². The van der Waals surface area contributed by atoms with Crippen LogP contribution >= 0.6 is 0 Å². The zero-order chi connectivity index (χ0) is 21.2. The lowest BCUT2D eigenvalue weighted by atomic mass is 10.0. The topological polar surface area (TPSA) is 55.9 Å². The minimum Gasteiger partial charge on any atom is -0.336 e. The fourth-order valence-electron chi connectivity index (χ4n) is 4.46. The summed E-state index contributed by atoms with van der Waals surface area (Å²) < 4.78 is 0. The Kier molecular flexibility index (Phi) is 5.30. The molecule has 0 radical (unpaired) electrons. The fraction of sp³-hybridized carbons (Fsp3) is 0.280. The quantitative estimate of drug-likeness (QED) is 0.713. The number of hydrogen-bond acceptors (Lipinski definition) is 3. The molecule has 158 valence electrons. The third kappa shape index (κ3) is 3.99. The molecular weight excluding hydrogens is 388 g/mol. The van der Waals surface area contributed by atoms with Gasteiger partial charge in [-0.25, -0.2) is 4.79 Å². The Morgan fingerprint density at radius 1 is 0.839 bits per heavy atom. The van der Waals surface area contributed by atoms with Crippen LogP contribution in [0.1, 0.15) is 15.9 Å². The molecule has 2 aliphatic rings. The lowest BCUT2D eigenvalue weighted by molar-refractivity contribution is 0.0629. The summed E-state index contributed by atoms with van der Waals surface area (Å²) >= 11 is 0. The smallest absolute Gasteiger partial charge is 0.321 e. The average Bonchev–Trinajstić information content (AvgIpc) is 3.25. The predicted molar refractivity (Wildman–Crippen MR) is 122 cm³/mol. The van der Waals surface area contributed by atoms with Crippen LogP contribution in [0.5, 0.6) is 0 Å². The van der Waals surface area contributed by atoms with Gasteiger partial charge < -0.3 is 10.2 Å². The third-order valence-corrected chi connectivity index (χ3v) is 6.22. The van der Waals surface area contributed by atoms with Gasteiger partial charge in [-0.15, -0.1) is 0 Å². The molecule has 0 atom stereocenters. The summed E-state index contributed by atoms with van der Waals surface area (Å²) in [5.74, 6) is 0.0576. The van der Waals surface area contributed by atoms with Crippen LogP contribution in [0.2, 0.25) is 0 Å². The van der Waals surface area contributed by atoms with Gasteiger partial charge in [0.2, 0.25) is 0 Å². The minimum absolute atomic E-state index is 0.0576. The van der Waals surface area contributed by atoms with Gasteiger partial charge in [-0.2, -0.15) is 0 Å². The lowest BCUT2D eigenvalue weighted by Crippen LogP contribution is -2.48. The van der Waals surface area contributed by atoms with Crippen molar-refractivity contribution in [3.05, 3.63) is 77.9 Å². The van der Waals surface area contributed by atoms with Crippen LogP contribution in [0.15, 0.2) is 66.7 Å². The maximum atomic E-state index is 13.0. The Morgan fingerprint density at radius 2 is 1.58 bits per heavy atom. The maximum Gasteiger partial charge on any atom is 0.321 e. The van der Waals surface area contributed by atoms with Gasteiger partial charge in [-0.3, -0.25) is 14.6 Å². The number of carbonyl (C=O) groups is 2. The largest absolute Gasteiger partial charge is 0.336 e. The van der Waals surface area contributed by atoms with Crippen LogP contribution in [0.25, 0.3) is 10.8 Å². The number of anilines is 1. The molecule has 31 heavy (non-hydrogen) atoms. The van der Waals surface area contributed by atoms with Crippen molar-refractivity contribution in [3.8, 4) is 0 Å². The molecule has 2 fully saturated rings. The van der Waals surface area contributed by atoms with Crippen molar-refractivity contribution in [2.45, 2.75) is 6.54 Å². The van der Waals surface area contributed by atoms with Crippen LogP contribution in [0, 0.1) is 0 Å². The van der Waals surface area contributed by atoms with Crippen molar-refractivity contribution >= 4 is 28.4 Å². The second-order valence-corrected chi connectivity index (χ2v) is 8.14. The van der Waals surface area contributed by atoms with E-state index < -0.39 is 0 Å². The Balaban J connectivity index is 1.20. The van der Waals surface area contributed by atoms with Gasteiger partial charge >= 0.3 is 6.03 Å². The molecule has 0 bridgehead atoms. The van der Waals surface area contributed by atoms with E-state index in [1.54, 1.807) is 4.90 Å². The van der Waals surface area contributed by atoms with Crippen molar-refractivity contribution in [1.82, 2.24) is 15.1 Å². The normalized spacial score (nSPS) is 17.2. The van der Waals surface area contributed by atoms with E-state index in [9.17, 15) is 9.59 Å². The SMILES string of the molecule is O=C(c1ccc(N2CCNC2=O)cc1)N1CCN(Cc2cccc3ccccc23)CC1. The van der Waals surface area contributed by atoms with Crippen molar-refractivity contribution in [2.75, 3.05) is 44.2 Å². The van der Waals surface area contributed by atoms with Gasteiger partial charge in [0.15, 0.2) is 0 Å². The van der Waals surface area contributed by atoms with Gasteiger partial charge in [-0.1, -0.05) is 42.5 Å². The number of amides is 3. The number of benzene rings is 3. The first-order chi connectivity index (χ1) is 15.2. The molecular formula is C25H26N4O2. The summed E-state index contributed by atoms with van der Waals surface area (Å²) in [6, 6.07) is 22.2. The average molecular weight is 415 g/mol. The maximum absolute atomic E-state index is 13.0. The molecule has 2 heterocycles. The first-order valence-corrected chi connectivity index (χ1v) is 10.8. The van der Waals surface area contributed by atoms with Crippen molar-refractivity contribution < 1.29 is 9.59 Å². The van der Waals surface area contributed by atoms with Gasteiger partial charge in [0.05, 0.1) is 0 Å². The van der Waals surface area contributed by atoms with Gasteiger partial charge in [0.25, 0.3) is 5.91 Å². The molecule has 0 unspecified atom stereocenters. The number of rotatable bonds is 4. The monoisotopic (exact) mass is 414 g/mol. The molecule has 1 N–H and O–H groups in total. The molecule has 0 aliphatic carbocycles. The molecule has 5 rings (SSSR count). The van der Waals surface area contributed by atoms with Crippen LogP contribution in [0.4, 0.5) is 10.5 Å². The number of nitrogens with zero attached hydrogens (tertiary/aromatic N) is 3. The first-order valence-electron chi connectivity index (χ1n) is 10.8. The van der Waals surface area contributed by atoms with Crippen molar-refractivity contribution in [1.29, 1.82) is 0 Å². The van der Waals surface area contributed by atoms with E-state index in [4.69, 9.17) is 0 Å². The molecule has 2 saturated heterocycles. The first kappa shape index (κ1) is 19.6. The van der Waals surface area contributed by atoms with E-state index in [0.29, 0.717) is 18.7 Å². The number of carbonyl (C=O) groups excluding carboxylic acids is 2. The number of nitrogens with one attached hydrogen (secondary N) is 1. The van der Waals surface area contributed by atoms with E-state index in [-0.39, 0.29) is 11.9 Å². The Morgan fingerprint density at radius 3 is 2.32 bits per heavy atom. The lowest BCUT2D eigenvalue weighted by Gasteiger charge is -2.35. The fourth-order valence-corrected chi connectivity index (χ4v) is 4.46. The third-order valence-electron chi connectivity index (χ3n) is 6.22. The molecule has 0 saturated carbocycles. The highest BCUT2D eigenvalue weighted by Crippen LogP contribution is 2.22. The van der Waals surface area contributed by atoms with E-state index in [1.165, 1.54) is 16.3 Å². The van der Waals surface area contributed by atoms with E-state index >= 15 is 0 Å². The number of piperazine rings is 1. The highest BCUT2D eigenvalue weighted by Gasteiger charge is 2.24. The number of urea groups is 1. The highest BCUT2D eigenvalue weighted by atomic mass is 16.2. The van der Waals surface area contributed by atoms with Crippen molar-refractivity contribution in [2.24, 2.45) is 0 Å². The number of fused-ring (bicyclic) bond motifs is 1. The zero-order valence-corrected chi connectivity index (χ0v) is 17.5. The summed E-state index contributed by atoms with van der Waals surface area (Å²) in [6.45, 7) is 5.38. The van der Waals surface area contributed by atoms with Crippen LogP contribution in [0.3, 0.4) is 0 Å². The summed E-state index contributed by atoms with van der Waals surface area (Å²) in [6.07, 6.45) is 0. The van der Waals surface area contributed by atoms with Crippen LogP contribution < -0.4 is 10.2 Å². The summed E-state index contributed by atoms with van der Waals surface area (Å²) in [5, 5.41) is 5.36. The highest BCUT2D eigenvalue weighted by molar-refractivity contribution is 5.97.